The van der Waals surface area contributed by atoms with Gasteiger partial charge in [0.2, 0.25) is 0 Å². The maximum Gasteiger partial charge on any atom is 0.182 e. The van der Waals surface area contributed by atoms with E-state index in [0.717, 1.165) is 25.9 Å². The summed E-state index contributed by atoms with van der Waals surface area (Å²) in [7, 11) is -19.5. The first-order valence-corrected chi connectivity index (χ1v) is 31.9. The van der Waals surface area contributed by atoms with Crippen LogP contribution in [0, 0.1) is 0 Å². The summed E-state index contributed by atoms with van der Waals surface area (Å²) in [4.78, 5) is 0. The third-order valence-electron chi connectivity index (χ3n) is 3.50. The van der Waals surface area contributed by atoms with E-state index in [1.165, 1.54) is 12.8 Å². The van der Waals surface area contributed by atoms with Crippen LogP contribution in [-0.2, 0) is 145 Å². The van der Waals surface area contributed by atoms with Crippen LogP contribution in [-0.4, -0.2) is 80.5 Å². The van der Waals surface area contributed by atoms with Gasteiger partial charge in [-0.25, -0.2) is 0 Å². The Balaban J connectivity index is -0.0000000689. The van der Waals surface area contributed by atoms with Crippen LogP contribution in [0.1, 0.15) is 25.7 Å². The van der Waals surface area contributed by atoms with E-state index >= 15 is 0 Å². The van der Waals surface area contributed by atoms with Gasteiger partial charge in [0, 0.05) is 13.1 Å². The molecule has 0 aromatic rings. The molecule has 0 fully saturated rings. The number of unbranched alkanes of at least 4 members (excludes halogenated alkanes) is 3. The van der Waals surface area contributed by atoms with Crippen molar-refractivity contribution in [1.82, 2.24) is 0 Å². The third kappa shape index (κ3) is 190. The molecule has 0 heterocycles. The fraction of sp³-hybridized carbons (Fsp3) is 1.00. The lowest BCUT2D eigenvalue weighted by molar-refractivity contribution is 0.147. The maximum absolute atomic E-state index is 9.49. The van der Waals surface area contributed by atoms with Gasteiger partial charge in [-0.3, -0.25) is 73.0 Å². The Morgan fingerprint density at radius 1 is 0.176 bits per heavy atom. The van der Waals surface area contributed by atoms with Crippen molar-refractivity contribution < 1.29 is 145 Å². The van der Waals surface area contributed by atoms with E-state index in [-0.39, 0.29) is 54.3 Å². The first kappa shape index (κ1) is 93.4. The summed E-state index contributed by atoms with van der Waals surface area (Å²) in [5.41, 5.74) is 20.4. The minimum absolute atomic E-state index is 0.113. The van der Waals surface area contributed by atoms with E-state index in [4.69, 9.17) is 22.9 Å². The highest BCUT2D eigenvalue weighted by molar-refractivity contribution is 7.20. The quantitative estimate of drug-likeness (QED) is 0.0390. The Morgan fingerprint density at radius 2 is 0.279 bits per heavy atom. The lowest BCUT2D eigenvalue weighted by Gasteiger charge is -1.94. The second-order valence-electron chi connectivity index (χ2n) is 7.72. The SMILES string of the molecule is NCCCCCCN.NCCN.O=[PH2]OCO[PH2]=O.O=[PH2]OCO[PH2]=O.O=[PH2]OCO[PH2]=O.O=[PH2]OCO[PH2]=O.O=[PH2]OCO[PH2]=O.O=[PH2]OCO[PH2]=O.O=[PH2]OCO[PH2]=O.O=[PH2]OCO[PH2]=O. The standard InChI is InChI=1S/C6H16N2.C2H8N2.8CH6O4P2/c7-5-3-1-2-4-6-8;3-1-2-4;8*2-6-4-1-5-7-3/h1-8H2;1-4H2;8*1,6-7H2. The summed E-state index contributed by atoms with van der Waals surface area (Å²) < 4.78 is 219. The molecule has 0 saturated carbocycles. The molecule has 0 spiro atoms. The molecule has 0 saturated heterocycles. The Bertz CT molecular complexity index is 809. The van der Waals surface area contributed by atoms with Crippen molar-refractivity contribution >= 4 is 139 Å². The minimum Gasteiger partial charge on any atom is -0.330 e. The van der Waals surface area contributed by atoms with E-state index in [0.29, 0.717) is 13.1 Å². The molecule has 0 aromatic heterocycles. The fourth-order valence-corrected chi connectivity index (χ4v) is 4.80. The Hall–Kier alpha value is 2.88. The van der Waals surface area contributed by atoms with Crippen LogP contribution in [0.3, 0.4) is 0 Å². The molecule has 0 radical (unpaired) electrons. The van der Waals surface area contributed by atoms with E-state index in [1.54, 1.807) is 0 Å². The largest absolute Gasteiger partial charge is 0.330 e. The van der Waals surface area contributed by atoms with Gasteiger partial charge in [-0.15, -0.1) is 0 Å². The number of rotatable bonds is 38. The highest BCUT2D eigenvalue weighted by Gasteiger charge is 1.84. The molecule has 16 atom stereocenters. The van der Waals surface area contributed by atoms with Crippen molar-refractivity contribution in [1.29, 1.82) is 0 Å². The van der Waals surface area contributed by atoms with Crippen molar-refractivity contribution in [3.8, 4) is 0 Å². The van der Waals surface area contributed by atoms with Gasteiger partial charge in [0.15, 0.2) is 193 Å². The average Bonchev–Trinajstić information content (AvgIpc) is 3.36. The Labute approximate surface area is 412 Å². The third-order valence-corrected chi connectivity index (χ3v) is 7.86. The lowest BCUT2D eigenvalue weighted by atomic mass is 10.2. The first-order valence-electron chi connectivity index (χ1n) is 16.8. The van der Waals surface area contributed by atoms with Gasteiger partial charge in [-0.1, -0.05) is 12.8 Å². The molecule has 16 unspecified atom stereocenters. The molecule has 52 heteroatoms. The predicted molar refractivity (Wildman–Crippen MR) is 277 cm³/mol. The van der Waals surface area contributed by atoms with Crippen molar-refractivity contribution in [2.24, 2.45) is 22.9 Å². The molecule has 0 rings (SSSR count). The topological polar surface area (TPSA) is 525 Å². The van der Waals surface area contributed by atoms with Gasteiger partial charge in [-0.05, 0) is 25.9 Å². The molecule has 0 aliphatic carbocycles. The average molecular weight is 1330 g/mol. The summed E-state index contributed by atoms with van der Waals surface area (Å²) in [6.45, 7) is 1.93. The van der Waals surface area contributed by atoms with Gasteiger partial charge < -0.3 is 95.3 Å². The van der Waals surface area contributed by atoms with E-state index in [2.05, 4.69) is 72.4 Å². The zero-order valence-electron chi connectivity index (χ0n) is 35.9. The molecule has 0 aliphatic rings. The molecule has 36 nitrogen and oxygen atoms in total. The zero-order chi connectivity index (χ0) is 53.9. The maximum atomic E-state index is 9.49. The van der Waals surface area contributed by atoms with Crippen LogP contribution in [0.25, 0.3) is 0 Å². The Kier molecular flexibility index (Phi) is 176. The Morgan fingerprint density at radius 3 is 0.338 bits per heavy atom. The van der Waals surface area contributed by atoms with Crippen molar-refractivity contribution in [3.05, 3.63) is 0 Å². The molecular weight excluding hydrogens is 1260 g/mol. The van der Waals surface area contributed by atoms with E-state index in [9.17, 15) is 73.0 Å². The lowest BCUT2D eigenvalue weighted by Crippen LogP contribution is -2.11. The molecule has 68 heavy (non-hydrogen) atoms. The molecule has 8 N–H and O–H groups in total. The van der Waals surface area contributed by atoms with Gasteiger partial charge in [0.05, 0.1) is 0 Å². The van der Waals surface area contributed by atoms with Crippen LogP contribution in [0.5, 0.6) is 0 Å². The molecule has 428 valence electrons. The molecule has 0 amide bonds. The summed E-state index contributed by atoms with van der Waals surface area (Å²) in [6.07, 6.45) is 4.79. The zero-order valence-corrected chi connectivity index (χ0v) is 54.4. The minimum atomic E-state index is -1.22. The van der Waals surface area contributed by atoms with Gasteiger partial charge in [0.25, 0.3) is 0 Å². The van der Waals surface area contributed by atoms with Gasteiger partial charge >= 0.3 is 0 Å². The summed E-state index contributed by atoms with van der Waals surface area (Å²) in [5, 5.41) is 0. The van der Waals surface area contributed by atoms with Gasteiger partial charge in [0.1, 0.15) is 0 Å². The van der Waals surface area contributed by atoms with Crippen LogP contribution in [0.4, 0.5) is 0 Å². The van der Waals surface area contributed by atoms with Crippen LogP contribution >= 0.6 is 139 Å². The molecule has 0 aliphatic heterocycles. The highest BCUT2D eigenvalue weighted by atomic mass is 31.1. The van der Waals surface area contributed by atoms with Crippen molar-refractivity contribution in [3.63, 3.8) is 0 Å². The molecular formula is C16H72N4O32P16. The van der Waals surface area contributed by atoms with E-state index < -0.39 is 139 Å². The smallest absolute Gasteiger partial charge is 0.182 e. The van der Waals surface area contributed by atoms with E-state index in [1.807, 2.05) is 0 Å². The molecule has 0 bridgehead atoms. The highest BCUT2D eigenvalue weighted by Crippen LogP contribution is 2.03. The summed E-state index contributed by atoms with van der Waals surface area (Å²) in [6, 6.07) is 0. The van der Waals surface area contributed by atoms with Crippen molar-refractivity contribution in [2.45, 2.75) is 25.7 Å². The summed E-state index contributed by atoms with van der Waals surface area (Å²) >= 11 is 0. The van der Waals surface area contributed by atoms with Crippen LogP contribution in [0.2, 0.25) is 0 Å². The first-order chi connectivity index (χ1) is 33.1. The second-order valence-corrected chi connectivity index (χ2v) is 16.1. The van der Waals surface area contributed by atoms with Crippen LogP contribution < -0.4 is 22.9 Å². The number of nitrogens with two attached hydrogens (primary N) is 4. The number of hydrogen-bond acceptors (Lipinski definition) is 36. The van der Waals surface area contributed by atoms with Gasteiger partial charge in [-0.2, -0.15) is 0 Å². The second kappa shape index (κ2) is 128. The fourth-order valence-electron chi connectivity index (χ4n) is 1.40. The van der Waals surface area contributed by atoms with Crippen LogP contribution in [0.15, 0.2) is 0 Å². The summed E-state index contributed by atoms with van der Waals surface area (Å²) in [5.74, 6) is 0. The van der Waals surface area contributed by atoms with Crippen molar-refractivity contribution in [2.75, 3.05) is 80.5 Å². The number of hydrogen-bond donors (Lipinski definition) is 4. The molecule has 0 aromatic carbocycles. The predicted octanol–water partition coefficient (Wildman–Crippen LogP) is 1.93. The normalized spacial score (nSPS) is 11.9. The monoisotopic (exact) mass is 1330 g/mol.